The normalized spacial score (nSPS) is 18.6. The topological polar surface area (TPSA) is 80.1 Å². The summed E-state index contributed by atoms with van der Waals surface area (Å²) in [5.74, 6) is 1.42. The van der Waals surface area contributed by atoms with Gasteiger partial charge in [0.05, 0.1) is 24.3 Å². The molecule has 0 aliphatic carbocycles. The molecule has 9 heteroatoms. The molecule has 36 heavy (non-hydrogen) atoms. The number of amides is 1. The average molecular weight is 513 g/mol. The van der Waals surface area contributed by atoms with Crippen LogP contribution in [0.1, 0.15) is 18.1 Å². The summed E-state index contributed by atoms with van der Waals surface area (Å²) < 4.78 is 13.5. The van der Waals surface area contributed by atoms with E-state index < -0.39 is 5.60 Å². The van der Waals surface area contributed by atoms with E-state index >= 15 is 0 Å². The molecule has 192 valence electrons. The lowest BCUT2D eigenvalue weighted by atomic mass is 10.0. The lowest BCUT2D eigenvalue weighted by Crippen LogP contribution is -2.51. The number of aliphatic hydroxyl groups is 1. The Morgan fingerprint density at radius 2 is 1.75 bits per heavy atom. The van der Waals surface area contributed by atoms with Gasteiger partial charge in [0, 0.05) is 39.3 Å². The van der Waals surface area contributed by atoms with E-state index in [9.17, 15) is 9.90 Å². The van der Waals surface area contributed by atoms with Crippen LogP contribution in [0, 0.1) is 6.92 Å². The van der Waals surface area contributed by atoms with Crippen molar-refractivity contribution in [3.63, 3.8) is 0 Å². The van der Waals surface area contributed by atoms with Crippen LogP contribution in [0.25, 0.3) is 0 Å². The first-order chi connectivity index (χ1) is 17.3. The number of hydrogen-bond acceptors (Lipinski definition) is 6. The molecule has 1 saturated heterocycles. The van der Waals surface area contributed by atoms with Gasteiger partial charge in [-0.2, -0.15) is 5.10 Å². The lowest BCUT2D eigenvalue weighted by Gasteiger charge is -2.32. The zero-order chi connectivity index (χ0) is 25.5. The molecule has 0 radical (unpaired) electrons. The first-order valence-electron chi connectivity index (χ1n) is 12.1. The van der Waals surface area contributed by atoms with Crippen molar-refractivity contribution in [1.82, 2.24) is 19.6 Å². The average Bonchev–Trinajstić information content (AvgIpc) is 3.18. The first kappa shape index (κ1) is 26.0. The van der Waals surface area contributed by atoms with Gasteiger partial charge in [0.1, 0.15) is 30.3 Å². The van der Waals surface area contributed by atoms with Gasteiger partial charge in [0.25, 0.3) is 0 Å². The van der Waals surface area contributed by atoms with Gasteiger partial charge in [-0.05, 0) is 36.8 Å². The van der Waals surface area contributed by atoms with E-state index in [1.807, 2.05) is 55.5 Å². The van der Waals surface area contributed by atoms with E-state index in [4.69, 9.17) is 21.1 Å². The fraction of sp³-hybridized carbons (Fsp3) is 0.407. The highest BCUT2D eigenvalue weighted by atomic mass is 35.5. The largest absolute Gasteiger partial charge is 0.492 e. The number of rotatable bonds is 9. The van der Waals surface area contributed by atoms with E-state index in [-0.39, 0.29) is 19.1 Å². The zero-order valence-corrected chi connectivity index (χ0v) is 21.5. The molecular weight excluding hydrogens is 480 g/mol. The molecular formula is C27H33ClN4O4. The summed E-state index contributed by atoms with van der Waals surface area (Å²) in [6.45, 7) is 7.24. The molecule has 8 nitrogen and oxygen atoms in total. The summed E-state index contributed by atoms with van der Waals surface area (Å²) in [6, 6.07) is 15.7. The number of carbonyl (C=O) groups is 1. The second-order valence-corrected chi connectivity index (χ2v) is 9.83. The summed E-state index contributed by atoms with van der Waals surface area (Å²) in [5.41, 5.74) is 1.05. The van der Waals surface area contributed by atoms with Crippen molar-refractivity contribution in [2.24, 2.45) is 0 Å². The summed E-state index contributed by atoms with van der Waals surface area (Å²) in [4.78, 5) is 16.0. The van der Waals surface area contributed by atoms with Crippen molar-refractivity contribution in [1.29, 1.82) is 0 Å². The Bertz CT molecular complexity index is 1140. The van der Waals surface area contributed by atoms with Crippen molar-refractivity contribution in [2.75, 3.05) is 39.4 Å². The summed E-state index contributed by atoms with van der Waals surface area (Å²) in [6.07, 6.45) is 3.36. The van der Waals surface area contributed by atoms with Gasteiger partial charge in [-0.1, -0.05) is 41.4 Å². The third-order valence-corrected chi connectivity index (χ3v) is 6.38. The molecule has 4 rings (SSSR count). The third kappa shape index (κ3) is 7.46. The Morgan fingerprint density at radius 3 is 2.42 bits per heavy atom. The quantitative estimate of drug-likeness (QED) is 0.473. The zero-order valence-electron chi connectivity index (χ0n) is 20.8. The Hall–Kier alpha value is -3.07. The molecule has 1 aliphatic rings. The van der Waals surface area contributed by atoms with Gasteiger partial charge >= 0.3 is 0 Å². The minimum Gasteiger partial charge on any atom is -0.492 e. The van der Waals surface area contributed by atoms with Crippen molar-refractivity contribution in [2.45, 2.75) is 32.5 Å². The van der Waals surface area contributed by atoms with Crippen molar-refractivity contribution >= 4 is 17.5 Å². The van der Waals surface area contributed by atoms with Crippen LogP contribution in [-0.4, -0.2) is 75.6 Å². The maximum Gasteiger partial charge on any atom is 0.219 e. The second-order valence-electron chi connectivity index (χ2n) is 9.39. The van der Waals surface area contributed by atoms with E-state index in [2.05, 4.69) is 10.00 Å². The number of halogens is 1. The monoisotopic (exact) mass is 512 g/mol. The molecule has 1 aliphatic heterocycles. The standard InChI is InChI=1S/C27H33ClN4O4/c1-21-3-7-26(8-4-21)36-20-27(34)18-30(11-12-31(19-27)22(2)33)16-23-5-9-25(10-6-23)35-14-13-32-17-24(28)15-29-32/h3-10,15,17,34H,11-14,16,18-20H2,1-2H3/t27-/m0/s1. The van der Waals surface area contributed by atoms with E-state index in [0.717, 1.165) is 16.9 Å². The minimum absolute atomic E-state index is 0.0514. The van der Waals surface area contributed by atoms with Gasteiger partial charge in [0.15, 0.2) is 0 Å². The molecule has 1 N–H and O–H groups in total. The Kier molecular flexibility index (Phi) is 8.51. The van der Waals surface area contributed by atoms with Crippen molar-refractivity contribution in [3.8, 4) is 11.5 Å². The Morgan fingerprint density at radius 1 is 1.06 bits per heavy atom. The predicted molar refractivity (Wildman–Crippen MR) is 138 cm³/mol. The smallest absolute Gasteiger partial charge is 0.219 e. The van der Waals surface area contributed by atoms with E-state index in [0.29, 0.717) is 50.1 Å². The van der Waals surface area contributed by atoms with Crippen LogP contribution < -0.4 is 9.47 Å². The number of aromatic nitrogens is 2. The molecule has 3 aromatic rings. The number of nitrogens with zero attached hydrogens (tertiary/aromatic N) is 4. The van der Waals surface area contributed by atoms with Gasteiger partial charge in [-0.25, -0.2) is 0 Å². The van der Waals surface area contributed by atoms with Gasteiger partial charge < -0.3 is 19.5 Å². The van der Waals surface area contributed by atoms with E-state index in [1.54, 1.807) is 22.0 Å². The lowest BCUT2D eigenvalue weighted by molar-refractivity contribution is -0.132. The number of aryl methyl sites for hydroxylation is 1. The molecule has 0 spiro atoms. The Balaban J connectivity index is 1.35. The number of β-amino-alcohol motifs (C(OH)–C–C–N with tert-alkyl or cyclic N) is 1. The molecule has 1 amide bonds. The molecule has 2 aromatic carbocycles. The van der Waals surface area contributed by atoms with Gasteiger partial charge in [-0.3, -0.25) is 14.4 Å². The van der Waals surface area contributed by atoms with Crippen LogP contribution in [0.15, 0.2) is 60.9 Å². The maximum absolute atomic E-state index is 12.2. The van der Waals surface area contributed by atoms with Crippen LogP contribution in [0.4, 0.5) is 0 Å². The fourth-order valence-electron chi connectivity index (χ4n) is 4.26. The third-order valence-electron chi connectivity index (χ3n) is 6.18. The molecule has 0 bridgehead atoms. The van der Waals surface area contributed by atoms with Crippen LogP contribution >= 0.6 is 11.6 Å². The maximum atomic E-state index is 12.2. The van der Waals surface area contributed by atoms with Crippen LogP contribution in [0.3, 0.4) is 0 Å². The van der Waals surface area contributed by atoms with E-state index in [1.165, 1.54) is 6.92 Å². The molecule has 1 atom stereocenters. The summed E-state index contributed by atoms with van der Waals surface area (Å²) in [5, 5.41) is 16.2. The second kappa shape index (κ2) is 11.8. The fourth-order valence-corrected chi connectivity index (χ4v) is 4.41. The van der Waals surface area contributed by atoms with Crippen LogP contribution in [0.5, 0.6) is 11.5 Å². The number of carbonyl (C=O) groups excluding carboxylic acids is 1. The predicted octanol–water partition coefficient (Wildman–Crippen LogP) is 3.40. The highest BCUT2D eigenvalue weighted by Crippen LogP contribution is 2.21. The summed E-state index contributed by atoms with van der Waals surface area (Å²) >= 11 is 5.89. The molecule has 2 heterocycles. The highest BCUT2D eigenvalue weighted by molar-refractivity contribution is 6.30. The van der Waals surface area contributed by atoms with Crippen molar-refractivity contribution < 1.29 is 19.4 Å². The number of benzene rings is 2. The van der Waals surface area contributed by atoms with Gasteiger partial charge in [-0.15, -0.1) is 0 Å². The van der Waals surface area contributed by atoms with Crippen LogP contribution in [0.2, 0.25) is 5.02 Å². The molecule has 1 aromatic heterocycles. The number of ether oxygens (including phenoxy) is 2. The first-order valence-corrected chi connectivity index (χ1v) is 12.5. The summed E-state index contributed by atoms with van der Waals surface area (Å²) in [7, 11) is 0. The number of hydrogen-bond donors (Lipinski definition) is 1. The molecule has 0 unspecified atom stereocenters. The minimum atomic E-state index is -1.19. The molecule has 0 saturated carbocycles. The SMILES string of the molecule is CC(=O)N1CCN(Cc2ccc(OCCn3cc(Cl)cn3)cc2)C[C@@](O)(COc2ccc(C)cc2)C1. The van der Waals surface area contributed by atoms with Gasteiger partial charge in [0.2, 0.25) is 5.91 Å². The highest BCUT2D eigenvalue weighted by Gasteiger charge is 2.36. The molecule has 1 fully saturated rings. The Labute approximate surface area is 217 Å². The van der Waals surface area contributed by atoms with Crippen LogP contribution in [-0.2, 0) is 17.9 Å². The van der Waals surface area contributed by atoms with Crippen molar-refractivity contribution in [3.05, 3.63) is 77.1 Å².